The molecule has 0 radical (unpaired) electrons. The highest BCUT2D eigenvalue weighted by Gasteiger charge is 2.06. The molecule has 0 bridgehead atoms. The number of hydrogen-bond donors (Lipinski definition) is 1. The lowest BCUT2D eigenvalue weighted by molar-refractivity contribution is -0.137. The molecule has 0 amide bonds. The second kappa shape index (κ2) is 7.98. The first-order valence-corrected chi connectivity index (χ1v) is 7.11. The van der Waals surface area contributed by atoms with Crippen molar-refractivity contribution in [3.05, 3.63) is 77.6 Å². The number of carbonyl (C=O) groups excluding carboxylic acids is 1. The first-order valence-electron chi connectivity index (χ1n) is 7.11. The smallest absolute Gasteiger partial charge is 0.332 e. The van der Waals surface area contributed by atoms with Crippen LogP contribution in [0.4, 0.5) is 4.39 Å². The lowest BCUT2D eigenvalue weighted by Crippen LogP contribution is -2.14. The molecule has 0 spiro atoms. The topological polar surface area (TPSA) is 38.3 Å². The van der Waals surface area contributed by atoms with Gasteiger partial charge in [-0.15, -0.1) is 0 Å². The Balaban J connectivity index is 2.17. The molecule has 2 aromatic rings. The quantitative estimate of drug-likeness (QED) is 0.655. The maximum Gasteiger partial charge on any atom is 0.332 e. The van der Waals surface area contributed by atoms with Gasteiger partial charge in [0.1, 0.15) is 5.82 Å². The van der Waals surface area contributed by atoms with Gasteiger partial charge in [-0.1, -0.05) is 30.3 Å². The van der Waals surface area contributed by atoms with Gasteiger partial charge in [0.15, 0.2) is 0 Å². The van der Waals surface area contributed by atoms with E-state index in [0.29, 0.717) is 18.8 Å². The fourth-order valence-electron chi connectivity index (χ4n) is 1.96. The van der Waals surface area contributed by atoms with E-state index >= 15 is 0 Å². The lowest BCUT2D eigenvalue weighted by Gasteiger charge is -2.11. The van der Waals surface area contributed by atoms with Crippen molar-refractivity contribution >= 4 is 11.7 Å². The number of nitrogens with one attached hydrogen (secondary N) is 1. The highest BCUT2D eigenvalue weighted by molar-refractivity contribution is 5.90. The molecule has 0 fully saturated rings. The molecule has 3 nitrogen and oxygen atoms in total. The summed E-state index contributed by atoms with van der Waals surface area (Å²) in [5.74, 6) is -0.746. The van der Waals surface area contributed by atoms with Crippen LogP contribution in [0.5, 0.6) is 0 Å². The predicted octanol–water partition coefficient (Wildman–Crippen LogP) is 3.52. The van der Waals surface area contributed by atoms with E-state index in [2.05, 4.69) is 5.32 Å². The van der Waals surface area contributed by atoms with E-state index in [1.54, 1.807) is 19.1 Å². The molecule has 0 aromatic heterocycles. The molecule has 114 valence electrons. The number of hydrogen-bond acceptors (Lipinski definition) is 3. The molecule has 2 aromatic carbocycles. The van der Waals surface area contributed by atoms with Crippen LogP contribution in [0.1, 0.15) is 18.1 Å². The van der Waals surface area contributed by atoms with Crippen molar-refractivity contribution in [2.45, 2.75) is 13.5 Å². The van der Waals surface area contributed by atoms with E-state index in [0.717, 1.165) is 11.1 Å². The normalized spacial score (nSPS) is 11.1. The van der Waals surface area contributed by atoms with Gasteiger partial charge in [-0.3, -0.25) is 0 Å². The van der Waals surface area contributed by atoms with Crippen LogP contribution in [0.25, 0.3) is 5.70 Å². The van der Waals surface area contributed by atoms with Gasteiger partial charge in [0.2, 0.25) is 0 Å². The van der Waals surface area contributed by atoms with Gasteiger partial charge in [-0.25, -0.2) is 9.18 Å². The third kappa shape index (κ3) is 4.74. The van der Waals surface area contributed by atoms with Crippen LogP contribution in [0, 0.1) is 5.82 Å². The molecule has 4 heteroatoms. The third-order valence-corrected chi connectivity index (χ3v) is 3.03. The highest BCUT2D eigenvalue weighted by atomic mass is 19.1. The van der Waals surface area contributed by atoms with E-state index in [4.69, 9.17) is 4.74 Å². The van der Waals surface area contributed by atoms with E-state index in [1.807, 2.05) is 30.3 Å². The average molecular weight is 299 g/mol. The minimum absolute atomic E-state index is 0.310. The summed E-state index contributed by atoms with van der Waals surface area (Å²) in [6, 6.07) is 15.8. The Morgan fingerprint density at radius 2 is 1.82 bits per heavy atom. The van der Waals surface area contributed by atoms with Gasteiger partial charge < -0.3 is 10.1 Å². The third-order valence-electron chi connectivity index (χ3n) is 3.03. The second-order valence-corrected chi connectivity index (χ2v) is 4.66. The zero-order valence-electron chi connectivity index (χ0n) is 12.4. The first-order chi connectivity index (χ1) is 10.7. The summed E-state index contributed by atoms with van der Waals surface area (Å²) >= 11 is 0. The van der Waals surface area contributed by atoms with Gasteiger partial charge in [-0.2, -0.15) is 0 Å². The van der Waals surface area contributed by atoms with Crippen molar-refractivity contribution in [3.63, 3.8) is 0 Å². The zero-order chi connectivity index (χ0) is 15.8. The Morgan fingerprint density at radius 1 is 1.14 bits per heavy atom. The molecule has 0 heterocycles. The minimum atomic E-state index is -0.428. The first kappa shape index (κ1) is 15.8. The van der Waals surface area contributed by atoms with E-state index in [9.17, 15) is 9.18 Å². The van der Waals surface area contributed by atoms with E-state index in [1.165, 1.54) is 18.2 Å². The monoisotopic (exact) mass is 299 g/mol. The van der Waals surface area contributed by atoms with Gasteiger partial charge >= 0.3 is 5.97 Å². The molecule has 0 saturated heterocycles. The SMILES string of the molecule is CCOC(=O)/C=C(\NCc1ccccc1)c1ccc(F)cc1. The van der Waals surface area contributed by atoms with Gasteiger partial charge in [0.25, 0.3) is 0 Å². The summed E-state index contributed by atoms with van der Waals surface area (Å²) in [5.41, 5.74) is 2.41. The second-order valence-electron chi connectivity index (χ2n) is 4.66. The summed E-state index contributed by atoms with van der Waals surface area (Å²) in [7, 11) is 0. The summed E-state index contributed by atoms with van der Waals surface area (Å²) < 4.78 is 18.0. The zero-order valence-corrected chi connectivity index (χ0v) is 12.4. The van der Waals surface area contributed by atoms with Crippen molar-refractivity contribution in [2.75, 3.05) is 6.61 Å². The molecule has 0 atom stereocenters. The number of halogens is 1. The molecular formula is C18H18FNO2. The fourth-order valence-corrected chi connectivity index (χ4v) is 1.96. The molecule has 1 N–H and O–H groups in total. The highest BCUT2D eigenvalue weighted by Crippen LogP contribution is 2.14. The summed E-state index contributed by atoms with van der Waals surface area (Å²) in [5, 5.41) is 3.20. The molecule has 22 heavy (non-hydrogen) atoms. The van der Waals surface area contributed by atoms with E-state index < -0.39 is 5.97 Å². The number of ether oxygens (including phenoxy) is 1. The van der Waals surface area contributed by atoms with Crippen molar-refractivity contribution in [2.24, 2.45) is 0 Å². The standard InChI is InChI=1S/C18H18FNO2/c1-2-22-18(21)12-17(15-8-10-16(19)11-9-15)20-13-14-6-4-3-5-7-14/h3-12,20H,2,13H2,1H3/b17-12-. The Kier molecular flexibility index (Phi) is 5.72. The maximum absolute atomic E-state index is 13.1. The van der Waals surface area contributed by atoms with Crippen LogP contribution in [-0.4, -0.2) is 12.6 Å². The molecule has 0 aliphatic heterocycles. The van der Waals surface area contributed by atoms with Crippen LogP contribution in [-0.2, 0) is 16.1 Å². The van der Waals surface area contributed by atoms with Crippen molar-refractivity contribution in [3.8, 4) is 0 Å². The van der Waals surface area contributed by atoms with Crippen molar-refractivity contribution < 1.29 is 13.9 Å². The molecule has 0 aliphatic carbocycles. The summed E-state index contributed by atoms with van der Waals surface area (Å²) in [6.45, 7) is 2.62. The molecule has 0 unspecified atom stereocenters. The van der Waals surface area contributed by atoms with Crippen LogP contribution in [0.3, 0.4) is 0 Å². The number of rotatable bonds is 6. The van der Waals surface area contributed by atoms with Gasteiger partial charge in [0.05, 0.1) is 6.61 Å². The maximum atomic E-state index is 13.1. The number of benzene rings is 2. The van der Waals surface area contributed by atoms with Gasteiger partial charge in [-0.05, 0) is 42.3 Å². The van der Waals surface area contributed by atoms with Crippen LogP contribution in [0.2, 0.25) is 0 Å². The average Bonchev–Trinajstić information content (AvgIpc) is 2.53. The van der Waals surface area contributed by atoms with Crippen molar-refractivity contribution in [1.29, 1.82) is 0 Å². The number of esters is 1. The van der Waals surface area contributed by atoms with E-state index in [-0.39, 0.29) is 5.82 Å². The molecule has 0 aliphatic rings. The van der Waals surface area contributed by atoms with Gasteiger partial charge in [0, 0.05) is 18.3 Å². The molecule has 2 rings (SSSR count). The lowest BCUT2D eigenvalue weighted by atomic mass is 10.1. The summed E-state index contributed by atoms with van der Waals surface area (Å²) in [6.07, 6.45) is 1.39. The Hall–Kier alpha value is -2.62. The summed E-state index contributed by atoms with van der Waals surface area (Å²) in [4.78, 5) is 11.7. The van der Waals surface area contributed by atoms with Crippen molar-refractivity contribution in [1.82, 2.24) is 5.32 Å². The molecule has 0 saturated carbocycles. The van der Waals surface area contributed by atoms with Crippen LogP contribution >= 0.6 is 0 Å². The minimum Gasteiger partial charge on any atom is -0.463 e. The Labute approximate surface area is 129 Å². The molecular weight excluding hydrogens is 281 g/mol. The number of carbonyl (C=O) groups is 1. The Morgan fingerprint density at radius 3 is 2.45 bits per heavy atom. The fraction of sp³-hybridized carbons (Fsp3) is 0.167. The largest absolute Gasteiger partial charge is 0.463 e. The van der Waals surface area contributed by atoms with Crippen LogP contribution in [0.15, 0.2) is 60.7 Å². The predicted molar refractivity (Wildman–Crippen MR) is 84.3 cm³/mol. The van der Waals surface area contributed by atoms with Crippen LogP contribution < -0.4 is 5.32 Å². The Bertz CT molecular complexity index is 636.